The van der Waals surface area contributed by atoms with Gasteiger partial charge in [0.15, 0.2) is 93.0 Å². The van der Waals surface area contributed by atoms with Crippen molar-refractivity contribution in [1.82, 2.24) is 0 Å². The van der Waals surface area contributed by atoms with Crippen molar-refractivity contribution in [3.05, 3.63) is 134 Å². The van der Waals surface area contributed by atoms with Crippen LogP contribution in [0.1, 0.15) is 11.1 Å². The molecule has 0 unspecified atom stereocenters. The average Bonchev–Trinajstić information content (AvgIpc) is 3.38. The van der Waals surface area contributed by atoms with Crippen LogP contribution >= 0.6 is 0 Å². The molecule has 282 valence electrons. The molecule has 0 heterocycles. The minimum Gasteiger partial charge on any atom is -0.520 e. The fourth-order valence-corrected chi connectivity index (χ4v) is 5.46. The summed E-state index contributed by atoms with van der Waals surface area (Å²) in [6, 6.07) is 0.978. The van der Waals surface area contributed by atoms with E-state index >= 15 is 30.7 Å². The maximum atomic E-state index is 16.0. The van der Waals surface area contributed by atoms with E-state index < -0.39 is 168 Å². The van der Waals surface area contributed by atoms with Crippen LogP contribution < -0.4 is 14.8 Å². The van der Waals surface area contributed by atoms with Crippen molar-refractivity contribution in [2.75, 3.05) is 0 Å². The molecule has 0 aliphatic heterocycles. The molecule has 0 fully saturated rings. The molecule has 23 heteroatoms. The second kappa shape index (κ2) is 12.7. The van der Waals surface area contributed by atoms with Gasteiger partial charge >= 0.3 is 13.0 Å². The van der Waals surface area contributed by atoms with Crippen LogP contribution in [0.4, 0.5) is 87.8 Å². The Morgan fingerprint density at radius 3 is 1.31 bits per heavy atom. The third kappa shape index (κ3) is 5.13. The molecule has 0 spiro atoms. The van der Waals surface area contributed by atoms with Gasteiger partial charge < -0.3 is 9.31 Å². The van der Waals surface area contributed by atoms with Crippen molar-refractivity contribution in [2.24, 2.45) is 0 Å². The SMILES string of the molecule is Fc1cccc(OB(Oc2c(F)c(F)c(F)c(F)c2-c2c(F)c(F)c(F)c(F)c2F)c2c(F)c(F)c(F)c3c2C(F)(F)c2c(F)c(F)c(F)c(F)c2-3)c1F. The standard InChI is InChI=1S/C31H3BF20O2/c33-4-2-1-3-5(13(4)34)53-32(54-30-9(18(39)25(46)28(49)29(30)50)8-16(37)23(44)27(48)24(45)17(8)38)12-10-6(14(35)21(42)20(12)41)7-11(31(10,51)52)19(40)26(47)22(43)15(7)36/h1-3H. The molecule has 0 radical (unpaired) electrons. The van der Waals surface area contributed by atoms with Gasteiger partial charge in [0.2, 0.25) is 17.5 Å². The Balaban J connectivity index is 1.76. The first kappa shape index (κ1) is 38.1. The van der Waals surface area contributed by atoms with E-state index in [-0.39, 0.29) is 12.1 Å². The Morgan fingerprint density at radius 1 is 0.370 bits per heavy atom. The highest BCUT2D eigenvalue weighted by Gasteiger charge is 2.57. The van der Waals surface area contributed by atoms with Crippen LogP contribution in [0.2, 0.25) is 0 Å². The van der Waals surface area contributed by atoms with Crippen LogP contribution in [0.15, 0.2) is 18.2 Å². The summed E-state index contributed by atoms with van der Waals surface area (Å²) in [7, 11) is -4.01. The zero-order chi connectivity index (χ0) is 40.2. The molecule has 0 atom stereocenters. The highest BCUT2D eigenvalue weighted by atomic mass is 19.3. The molecule has 0 N–H and O–H groups in total. The Labute approximate surface area is 283 Å². The summed E-state index contributed by atoms with van der Waals surface area (Å²) < 4.78 is 306. The average molecular weight is 798 g/mol. The summed E-state index contributed by atoms with van der Waals surface area (Å²) in [6.45, 7) is 0. The van der Waals surface area contributed by atoms with Gasteiger partial charge in [-0.05, 0) is 12.1 Å². The van der Waals surface area contributed by atoms with E-state index in [0.29, 0.717) is 6.07 Å². The van der Waals surface area contributed by atoms with Crippen molar-refractivity contribution in [2.45, 2.75) is 5.92 Å². The Kier molecular flexibility index (Phi) is 9.00. The van der Waals surface area contributed by atoms with Crippen LogP contribution in [0, 0.1) is 105 Å². The topological polar surface area (TPSA) is 18.5 Å². The molecule has 5 aromatic carbocycles. The lowest BCUT2D eigenvalue weighted by atomic mass is 9.72. The number of hydrogen-bond acceptors (Lipinski definition) is 2. The van der Waals surface area contributed by atoms with E-state index in [4.69, 9.17) is 0 Å². The first-order valence-electron chi connectivity index (χ1n) is 13.7. The molecule has 1 aliphatic carbocycles. The summed E-state index contributed by atoms with van der Waals surface area (Å²) in [6.07, 6.45) is 0. The fourth-order valence-electron chi connectivity index (χ4n) is 5.46. The Hall–Kier alpha value is -5.64. The lowest BCUT2D eigenvalue weighted by Gasteiger charge is -2.24. The van der Waals surface area contributed by atoms with E-state index in [2.05, 4.69) is 9.31 Å². The zero-order valence-electron chi connectivity index (χ0n) is 24.7. The molecule has 0 saturated carbocycles. The van der Waals surface area contributed by atoms with E-state index in [9.17, 15) is 57.1 Å². The van der Waals surface area contributed by atoms with Gasteiger partial charge in [0, 0.05) is 16.7 Å². The van der Waals surface area contributed by atoms with E-state index in [1.165, 1.54) is 0 Å². The van der Waals surface area contributed by atoms with Gasteiger partial charge in [0.1, 0.15) is 5.75 Å². The number of alkyl halides is 2. The number of hydrogen-bond donors (Lipinski definition) is 0. The maximum Gasteiger partial charge on any atom is 0.636 e. The van der Waals surface area contributed by atoms with Gasteiger partial charge in [-0.3, -0.25) is 0 Å². The molecule has 0 amide bonds. The molecule has 5 aromatic rings. The van der Waals surface area contributed by atoms with E-state index in [1.807, 2.05) is 0 Å². The molecule has 2 nitrogen and oxygen atoms in total. The predicted molar refractivity (Wildman–Crippen MR) is 139 cm³/mol. The van der Waals surface area contributed by atoms with Crippen molar-refractivity contribution in [3.63, 3.8) is 0 Å². The Morgan fingerprint density at radius 2 is 0.778 bits per heavy atom. The normalized spacial score (nSPS) is 13.0. The monoisotopic (exact) mass is 798 g/mol. The first-order valence-corrected chi connectivity index (χ1v) is 13.7. The number of benzene rings is 5. The second-order valence-electron chi connectivity index (χ2n) is 10.7. The lowest BCUT2D eigenvalue weighted by molar-refractivity contribution is 0.0433. The summed E-state index contributed by atoms with van der Waals surface area (Å²) in [5, 5.41) is 0. The molecule has 0 saturated heterocycles. The third-order valence-electron chi connectivity index (χ3n) is 7.80. The Bertz CT molecular complexity index is 2460. The summed E-state index contributed by atoms with van der Waals surface area (Å²) in [4.78, 5) is 0. The van der Waals surface area contributed by atoms with Crippen molar-refractivity contribution in [3.8, 4) is 33.8 Å². The second-order valence-corrected chi connectivity index (χ2v) is 10.7. The minimum absolute atomic E-state index is 0.233. The number of rotatable bonds is 6. The van der Waals surface area contributed by atoms with Gasteiger partial charge in [0.25, 0.3) is 0 Å². The molecule has 0 bridgehead atoms. The van der Waals surface area contributed by atoms with Crippen LogP contribution in [0.3, 0.4) is 0 Å². The molecule has 0 aromatic heterocycles. The summed E-state index contributed by atoms with van der Waals surface area (Å²) in [5.74, 6) is -63.6. The highest BCUT2D eigenvalue weighted by Crippen LogP contribution is 2.55. The predicted octanol–water partition coefficient (Wildman–Crippen LogP) is 9.83. The summed E-state index contributed by atoms with van der Waals surface area (Å²) >= 11 is 0. The maximum absolute atomic E-state index is 16.0. The van der Waals surface area contributed by atoms with Crippen molar-refractivity contribution >= 4 is 12.6 Å². The minimum atomic E-state index is -5.68. The van der Waals surface area contributed by atoms with E-state index in [0.717, 1.165) is 0 Å². The number of fused-ring (bicyclic) bond motifs is 3. The van der Waals surface area contributed by atoms with Gasteiger partial charge in [0.05, 0.1) is 22.2 Å². The highest BCUT2D eigenvalue weighted by molar-refractivity contribution is 6.63. The fraction of sp³-hybridized carbons (Fsp3) is 0.0323. The van der Waals surface area contributed by atoms with Crippen LogP contribution in [-0.4, -0.2) is 7.12 Å². The van der Waals surface area contributed by atoms with Crippen LogP contribution in [-0.2, 0) is 5.92 Å². The van der Waals surface area contributed by atoms with Crippen molar-refractivity contribution in [1.29, 1.82) is 0 Å². The largest absolute Gasteiger partial charge is 0.636 e. The molecular weight excluding hydrogens is 795 g/mol. The van der Waals surface area contributed by atoms with Crippen LogP contribution in [0.25, 0.3) is 22.3 Å². The quantitative estimate of drug-likeness (QED) is 0.0738. The van der Waals surface area contributed by atoms with Gasteiger partial charge in [-0.25, -0.2) is 70.2 Å². The van der Waals surface area contributed by atoms with Gasteiger partial charge in [-0.2, -0.15) is 17.6 Å². The van der Waals surface area contributed by atoms with Crippen molar-refractivity contribution < 1.29 is 97.1 Å². The van der Waals surface area contributed by atoms with Crippen LogP contribution in [0.5, 0.6) is 11.5 Å². The molecule has 6 rings (SSSR count). The zero-order valence-corrected chi connectivity index (χ0v) is 24.7. The number of halogens is 20. The van der Waals surface area contributed by atoms with Gasteiger partial charge in [-0.15, -0.1) is 0 Å². The molecular formula is C31H3BF20O2. The lowest BCUT2D eigenvalue weighted by Crippen LogP contribution is -2.49. The molecule has 54 heavy (non-hydrogen) atoms. The van der Waals surface area contributed by atoms with E-state index in [1.54, 1.807) is 0 Å². The first-order chi connectivity index (χ1) is 25.1. The third-order valence-corrected chi connectivity index (χ3v) is 7.80. The summed E-state index contributed by atoms with van der Waals surface area (Å²) in [5.41, 5.74) is -18.4. The smallest absolute Gasteiger partial charge is 0.520 e. The van der Waals surface area contributed by atoms with Gasteiger partial charge in [-0.1, -0.05) is 6.07 Å². The molecule has 1 aliphatic rings.